The predicted octanol–water partition coefficient (Wildman–Crippen LogP) is 2.40. The lowest BCUT2D eigenvalue weighted by Crippen LogP contribution is -2.12. The average molecular weight is 233 g/mol. The molecule has 0 saturated carbocycles. The predicted molar refractivity (Wildman–Crippen MR) is 65.1 cm³/mol. The van der Waals surface area contributed by atoms with E-state index in [0.29, 0.717) is 12.1 Å². The molecule has 1 aromatic carbocycles. The van der Waals surface area contributed by atoms with E-state index in [9.17, 15) is 4.39 Å². The van der Waals surface area contributed by atoms with Crippen LogP contribution in [-0.2, 0) is 6.54 Å². The van der Waals surface area contributed by atoms with E-state index in [-0.39, 0.29) is 11.9 Å². The third-order valence-corrected chi connectivity index (χ3v) is 3.05. The maximum atomic E-state index is 13.5. The Labute approximate surface area is 100 Å². The molecular weight excluding hydrogens is 217 g/mol. The van der Waals surface area contributed by atoms with Crippen molar-refractivity contribution in [2.24, 2.45) is 5.73 Å². The number of halogens is 1. The van der Waals surface area contributed by atoms with Crippen LogP contribution in [-0.4, -0.2) is 9.55 Å². The lowest BCUT2D eigenvalue weighted by molar-refractivity contribution is 0.586. The van der Waals surface area contributed by atoms with Crippen molar-refractivity contribution < 1.29 is 4.39 Å². The van der Waals surface area contributed by atoms with E-state index in [2.05, 4.69) is 4.98 Å². The summed E-state index contributed by atoms with van der Waals surface area (Å²) < 4.78 is 15.5. The highest BCUT2D eigenvalue weighted by Gasteiger charge is 2.12. The second-order valence-corrected chi connectivity index (χ2v) is 4.18. The largest absolute Gasteiger partial charge is 0.326 e. The molecule has 17 heavy (non-hydrogen) atoms. The van der Waals surface area contributed by atoms with Crippen molar-refractivity contribution >= 4 is 0 Å². The maximum Gasteiger partial charge on any atom is 0.126 e. The van der Waals surface area contributed by atoms with E-state index >= 15 is 0 Å². The molecule has 0 aliphatic rings. The molecule has 2 aromatic rings. The van der Waals surface area contributed by atoms with Gasteiger partial charge in [0, 0.05) is 12.7 Å². The van der Waals surface area contributed by atoms with Crippen LogP contribution in [0.2, 0.25) is 0 Å². The minimum Gasteiger partial charge on any atom is -0.326 e. The van der Waals surface area contributed by atoms with Gasteiger partial charge in [-0.1, -0.05) is 12.1 Å². The van der Waals surface area contributed by atoms with Gasteiger partial charge in [0.25, 0.3) is 0 Å². The molecule has 0 bridgehead atoms. The first-order valence-electron chi connectivity index (χ1n) is 5.60. The molecule has 1 aromatic heterocycles. The van der Waals surface area contributed by atoms with Gasteiger partial charge in [-0.3, -0.25) is 0 Å². The number of nitrogens with zero attached hydrogens (tertiary/aromatic N) is 2. The summed E-state index contributed by atoms with van der Waals surface area (Å²) in [6, 6.07) is 5.33. The van der Waals surface area contributed by atoms with Crippen LogP contribution in [0, 0.1) is 12.7 Å². The van der Waals surface area contributed by atoms with E-state index in [1.54, 1.807) is 31.6 Å². The number of imidazole rings is 1. The highest BCUT2D eigenvalue weighted by atomic mass is 19.1. The van der Waals surface area contributed by atoms with Gasteiger partial charge in [-0.2, -0.15) is 0 Å². The van der Waals surface area contributed by atoms with E-state index in [1.807, 2.05) is 17.6 Å². The Morgan fingerprint density at radius 2 is 2.24 bits per heavy atom. The number of nitrogens with two attached hydrogens (primary N) is 1. The van der Waals surface area contributed by atoms with Gasteiger partial charge < -0.3 is 10.3 Å². The number of aryl methyl sites for hydroxylation is 1. The lowest BCUT2D eigenvalue weighted by atomic mass is 10.1. The molecule has 0 fully saturated rings. The quantitative estimate of drug-likeness (QED) is 0.884. The fraction of sp³-hybridized carbons (Fsp3) is 0.308. The summed E-state index contributed by atoms with van der Waals surface area (Å²) in [6.45, 7) is 4.19. The Hall–Kier alpha value is -1.68. The van der Waals surface area contributed by atoms with Crippen LogP contribution in [0.4, 0.5) is 4.39 Å². The zero-order valence-electron chi connectivity index (χ0n) is 10.0. The van der Waals surface area contributed by atoms with Crippen LogP contribution >= 0.6 is 0 Å². The van der Waals surface area contributed by atoms with Crippen LogP contribution < -0.4 is 5.73 Å². The van der Waals surface area contributed by atoms with E-state index in [1.165, 1.54) is 0 Å². The highest BCUT2D eigenvalue weighted by molar-refractivity contribution is 5.26. The maximum absolute atomic E-state index is 13.5. The first-order chi connectivity index (χ1) is 8.13. The van der Waals surface area contributed by atoms with Crippen molar-refractivity contribution in [3.63, 3.8) is 0 Å². The van der Waals surface area contributed by atoms with Gasteiger partial charge in [0.1, 0.15) is 5.82 Å². The van der Waals surface area contributed by atoms with Crippen molar-refractivity contribution in [1.29, 1.82) is 0 Å². The minimum absolute atomic E-state index is 0.0335. The first-order valence-corrected chi connectivity index (χ1v) is 5.60. The van der Waals surface area contributed by atoms with Gasteiger partial charge in [0.05, 0.1) is 18.1 Å². The summed E-state index contributed by atoms with van der Waals surface area (Å²) in [7, 11) is 0. The highest BCUT2D eigenvalue weighted by Crippen LogP contribution is 2.21. The Morgan fingerprint density at radius 3 is 2.88 bits per heavy atom. The summed E-state index contributed by atoms with van der Waals surface area (Å²) in [4.78, 5) is 4.07. The monoisotopic (exact) mass is 233 g/mol. The molecule has 3 nitrogen and oxygen atoms in total. The Kier molecular flexibility index (Phi) is 3.24. The summed E-state index contributed by atoms with van der Waals surface area (Å²) in [6.07, 6.45) is 3.46. The van der Waals surface area contributed by atoms with Crippen molar-refractivity contribution in [1.82, 2.24) is 9.55 Å². The van der Waals surface area contributed by atoms with Crippen LogP contribution in [0.15, 0.2) is 30.7 Å². The van der Waals surface area contributed by atoms with Crippen molar-refractivity contribution in [2.45, 2.75) is 26.4 Å². The van der Waals surface area contributed by atoms with Gasteiger partial charge in [-0.25, -0.2) is 9.37 Å². The number of hydrogen-bond donors (Lipinski definition) is 1. The van der Waals surface area contributed by atoms with E-state index in [4.69, 9.17) is 5.73 Å². The van der Waals surface area contributed by atoms with Crippen LogP contribution in [0.3, 0.4) is 0 Å². The Bertz CT molecular complexity index is 519. The van der Waals surface area contributed by atoms with Gasteiger partial charge in [-0.15, -0.1) is 0 Å². The fourth-order valence-corrected chi connectivity index (χ4v) is 1.87. The number of aromatic nitrogens is 2. The molecule has 0 saturated heterocycles. The van der Waals surface area contributed by atoms with E-state index < -0.39 is 0 Å². The first kappa shape index (κ1) is 11.8. The van der Waals surface area contributed by atoms with Crippen LogP contribution in [0.5, 0.6) is 0 Å². The molecule has 0 amide bonds. The summed E-state index contributed by atoms with van der Waals surface area (Å²) in [5.74, 6) is -0.177. The van der Waals surface area contributed by atoms with Crippen molar-refractivity contribution in [3.05, 3.63) is 53.4 Å². The van der Waals surface area contributed by atoms with Gasteiger partial charge >= 0.3 is 0 Å². The van der Waals surface area contributed by atoms with Crippen molar-refractivity contribution in [2.75, 3.05) is 0 Å². The van der Waals surface area contributed by atoms with Gasteiger partial charge in [0.15, 0.2) is 0 Å². The third kappa shape index (κ3) is 2.22. The standard InChI is InChI=1S/C13H16FN3/c1-9-3-4-11(5-13(9)14)10(2)17-8-16-7-12(17)6-15/h3-5,7-8,10H,6,15H2,1-2H3. The van der Waals surface area contributed by atoms with Crippen LogP contribution in [0.25, 0.3) is 0 Å². The molecular formula is C13H16FN3. The topological polar surface area (TPSA) is 43.8 Å². The lowest BCUT2D eigenvalue weighted by Gasteiger charge is -2.17. The summed E-state index contributed by atoms with van der Waals surface area (Å²) in [5.41, 5.74) is 8.15. The summed E-state index contributed by atoms with van der Waals surface area (Å²) in [5, 5.41) is 0. The summed E-state index contributed by atoms with van der Waals surface area (Å²) >= 11 is 0. The molecule has 1 heterocycles. The molecule has 1 unspecified atom stereocenters. The SMILES string of the molecule is Cc1ccc(C(C)n2cncc2CN)cc1F. The molecule has 2 N–H and O–H groups in total. The molecule has 0 aliphatic carbocycles. The zero-order valence-corrected chi connectivity index (χ0v) is 10.0. The second-order valence-electron chi connectivity index (χ2n) is 4.18. The molecule has 0 radical (unpaired) electrons. The number of rotatable bonds is 3. The Morgan fingerprint density at radius 1 is 1.47 bits per heavy atom. The van der Waals surface area contributed by atoms with Crippen LogP contribution in [0.1, 0.15) is 29.8 Å². The van der Waals surface area contributed by atoms with Gasteiger partial charge in [-0.05, 0) is 31.0 Å². The molecule has 2 rings (SSSR count). The number of hydrogen-bond acceptors (Lipinski definition) is 2. The molecule has 4 heteroatoms. The van der Waals surface area contributed by atoms with Gasteiger partial charge in [0.2, 0.25) is 0 Å². The van der Waals surface area contributed by atoms with Crippen molar-refractivity contribution in [3.8, 4) is 0 Å². The Balaban J connectivity index is 2.36. The molecule has 1 atom stereocenters. The third-order valence-electron chi connectivity index (χ3n) is 3.05. The molecule has 0 aliphatic heterocycles. The average Bonchev–Trinajstić information content (AvgIpc) is 2.80. The molecule has 90 valence electrons. The number of benzene rings is 1. The fourth-order valence-electron chi connectivity index (χ4n) is 1.87. The minimum atomic E-state index is -0.177. The van der Waals surface area contributed by atoms with E-state index in [0.717, 1.165) is 11.3 Å². The molecule has 0 spiro atoms. The smallest absolute Gasteiger partial charge is 0.126 e. The second kappa shape index (κ2) is 4.67. The normalized spacial score (nSPS) is 12.7. The zero-order chi connectivity index (χ0) is 12.4.